The lowest BCUT2D eigenvalue weighted by molar-refractivity contribution is -0.907. The number of nitrogens with one attached hydrogen (secondary N) is 2. The molecule has 0 aliphatic carbocycles. The molecule has 0 bridgehead atoms. The zero-order chi connectivity index (χ0) is 12.8. The van der Waals surface area contributed by atoms with Crippen LogP contribution in [-0.4, -0.2) is 38.8 Å². The van der Waals surface area contributed by atoms with Crippen molar-refractivity contribution < 1.29 is 14.4 Å². The number of carbonyl (C=O) groups excluding carboxylic acids is 1. The second-order valence-corrected chi connectivity index (χ2v) is 5.10. The van der Waals surface area contributed by atoms with E-state index in [2.05, 4.69) is 11.4 Å². The second-order valence-electron chi connectivity index (χ2n) is 4.19. The molecular formula is C12H16N3O2S+. The average molecular weight is 266 g/mol. The molecule has 18 heavy (non-hydrogen) atoms. The van der Waals surface area contributed by atoms with Crippen molar-refractivity contribution in [1.29, 1.82) is 5.26 Å². The SMILES string of the molecule is N#Cc1ccsc1NC(=O)CC[NH+]1CCOCC1. The molecule has 0 spiro atoms. The van der Waals surface area contributed by atoms with Gasteiger partial charge in [0.15, 0.2) is 0 Å². The van der Waals surface area contributed by atoms with Gasteiger partial charge in [0, 0.05) is 0 Å². The Hall–Kier alpha value is -1.42. The van der Waals surface area contributed by atoms with Crippen molar-refractivity contribution in [1.82, 2.24) is 0 Å². The van der Waals surface area contributed by atoms with E-state index in [4.69, 9.17) is 10.00 Å². The van der Waals surface area contributed by atoms with Crippen LogP contribution in [0.5, 0.6) is 0 Å². The van der Waals surface area contributed by atoms with Crippen molar-refractivity contribution in [2.24, 2.45) is 0 Å². The fraction of sp³-hybridized carbons (Fsp3) is 0.500. The number of carbonyl (C=O) groups is 1. The minimum absolute atomic E-state index is 0.0204. The van der Waals surface area contributed by atoms with Crippen molar-refractivity contribution >= 4 is 22.2 Å². The van der Waals surface area contributed by atoms with E-state index >= 15 is 0 Å². The van der Waals surface area contributed by atoms with Gasteiger partial charge in [-0.15, -0.1) is 11.3 Å². The Bertz CT molecular complexity index is 446. The van der Waals surface area contributed by atoms with Crippen LogP contribution < -0.4 is 10.2 Å². The molecule has 0 unspecified atom stereocenters. The van der Waals surface area contributed by atoms with E-state index in [-0.39, 0.29) is 5.91 Å². The summed E-state index contributed by atoms with van der Waals surface area (Å²) in [5, 5.41) is 14.1. The van der Waals surface area contributed by atoms with E-state index in [0.717, 1.165) is 32.8 Å². The van der Waals surface area contributed by atoms with Crippen molar-refractivity contribution in [3.05, 3.63) is 17.0 Å². The summed E-state index contributed by atoms with van der Waals surface area (Å²) in [6.07, 6.45) is 0.484. The summed E-state index contributed by atoms with van der Waals surface area (Å²) in [4.78, 5) is 13.2. The lowest BCUT2D eigenvalue weighted by Crippen LogP contribution is -3.14. The zero-order valence-corrected chi connectivity index (χ0v) is 10.9. The number of hydrogen-bond acceptors (Lipinski definition) is 4. The van der Waals surface area contributed by atoms with Gasteiger partial charge in [0.2, 0.25) is 5.91 Å². The highest BCUT2D eigenvalue weighted by atomic mass is 32.1. The molecule has 1 aliphatic rings. The highest BCUT2D eigenvalue weighted by Crippen LogP contribution is 2.21. The standard InChI is InChI=1S/C12H15N3O2S/c13-9-10-2-8-18-12(10)14-11(16)1-3-15-4-6-17-7-5-15/h2,8H,1,3-7H2,(H,14,16)/p+1. The quantitative estimate of drug-likeness (QED) is 0.797. The first-order valence-corrected chi connectivity index (χ1v) is 6.86. The van der Waals surface area contributed by atoms with Gasteiger partial charge in [-0.1, -0.05) is 0 Å². The van der Waals surface area contributed by atoms with Gasteiger partial charge in [-0.2, -0.15) is 5.26 Å². The molecule has 5 nitrogen and oxygen atoms in total. The van der Waals surface area contributed by atoms with Crippen LogP contribution in [0.1, 0.15) is 12.0 Å². The molecule has 0 atom stereocenters. The lowest BCUT2D eigenvalue weighted by atomic mass is 10.3. The molecule has 2 rings (SSSR count). The largest absolute Gasteiger partial charge is 0.370 e. The van der Waals surface area contributed by atoms with Gasteiger partial charge in [0.05, 0.1) is 31.7 Å². The fourth-order valence-electron chi connectivity index (χ4n) is 1.88. The van der Waals surface area contributed by atoms with Gasteiger partial charge in [-0.25, -0.2) is 0 Å². The summed E-state index contributed by atoms with van der Waals surface area (Å²) in [6, 6.07) is 3.78. The Morgan fingerprint density at radius 1 is 1.56 bits per heavy atom. The lowest BCUT2D eigenvalue weighted by Gasteiger charge is -2.23. The first-order valence-electron chi connectivity index (χ1n) is 5.98. The Labute approximate surface area is 110 Å². The summed E-state index contributed by atoms with van der Waals surface area (Å²) in [6.45, 7) is 4.31. The summed E-state index contributed by atoms with van der Waals surface area (Å²) >= 11 is 1.38. The summed E-state index contributed by atoms with van der Waals surface area (Å²) in [7, 11) is 0. The topological polar surface area (TPSA) is 66.6 Å². The molecule has 1 fully saturated rings. The van der Waals surface area contributed by atoms with Crippen molar-refractivity contribution in [3.8, 4) is 6.07 Å². The minimum Gasteiger partial charge on any atom is -0.370 e. The number of thiophene rings is 1. The number of rotatable bonds is 4. The third-order valence-corrected chi connectivity index (χ3v) is 3.77. The van der Waals surface area contributed by atoms with Gasteiger partial charge < -0.3 is 15.0 Å². The van der Waals surface area contributed by atoms with Gasteiger partial charge in [-0.05, 0) is 11.4 Å². The number of anilines is 1. The number of quaternary nitrogens is 1. The van der Waals surface area contributed by atoms with Crippen LogP contribution in [0.2, 0.25) is 0 Å². The van der Waals surface area contributed by atoms with Crippen molar-refractivity contribution in [3.63, 3.8) is 0 Å². The molecule has 2 N–H and O–H groups in total. The Balaban J connectivity index is 1.77. The van der Waals surface area contributed by atoms with Crippen LogP contribution in [0.4, 0.5) is 5.00 Å². The van der Waals surface area contributed by atoms with Crippen molar-refractivity contribution in [2.75, 3.05) is 38.2 Å². The molecule has 2 heterocycles. The highest BCUT2D eigenvalue weighted by molar-refractivity contribution is 7.14. The van der Waals surface area contributed by atoms with E-state index < -0.39 is 0 Å². The zero-order valence-electron chi connectivity index (χ0n) is 10.1. The van der Waals surface area contributed by atoms with E-state index in [1.54, 1.807) is 11.4 Å². The summed E-state index contributed by atoms with van der Waals surface area (Å²) in [5.41, 5.74) is 0.534. The molecule has 0 saturated carbocycles. The van der Waals surface area contributed by atoms with Crippen molar-refractivity contribution in [2.45, 2.75) is 6.42 Å². The monoisotopic (exact) mass is 266 g/mol. The normalized spacial score (nSPS) is 16.2. The predicted octanol–water partition coefficient (Wildman–Crippen LogP) is -0.137. The average Bonchev–Trinajstić information content (AvgIpc) is 2.85. The molecule has 0 radical (unpaired) electrons. The predicted molar refractivity (Wildman–Crippen MR) is 68.7 cm³/mol. The van der Waals surface area contributed by atoms with Gasteiger partial charge in [-0.3, -0.25) is 4.79 Å². The van der Waals surface area contributed by atoms with E-state index in [1.165, 1.54) is 16.2 Å². The number of nitrogens with zero attached hydrogens (tertiary/aromatic N) is 1. The highest BCUT2D eigenvalue weighted by Gasteiger charge is 2.16. The number of amides is 1. The second kappa shape index (κ2) is 6.50. The smallest absolute Gasteiger partial charge is 0.230 e. The Kier molecular flexibility index (Phi) is 4.70. The van der Waals surface area contributed by atoms with Crippen LogP contribution in [-0.2, 0) is 9.53 Å². The Morgan fingerprint density at radius 3 is 3.06 bits per heavy atom. The molecule has 1 aliphatic heterocycles. The van der Waals surface area contributed by atoms with Gasteiger partial charge >= 0.3 is 0 Å². The third-order valence-electron chi connectivity index (χ3n) is 2.94. The minimum atomic E-state index is -0.0204. The molecule has 1 amide bonds. The number of morpholine rings is 1. The number of ether oxygens (including phenoxy) is 1. The maximum Gasteiger partial charge on any atom is 0.230 e. The van der Waals surface area contributed by atoms with Gasteiger partial charge in [0.1, 0.15) is 24.2 Å². The third kappa shape index (κ3) is 3.53. The van der Waals surface area contributed by atoms with E-state index in [9.17, 15) is 4.79 Å². The molecule has 6 heteroatoms. The molecule has 1 aromatic heterocycles. The first kappa shape index (κ1) is 13.0. The number of nitriles is 1. The maximum atomic E-state index is 11.8. The van der Waals surface area contributed by atoms with Crippen LogP contribution in [0, 0.1) is 11.3 Å². The van der Waals surface area contributed by atoms with E-state index in [0.29, 0.717) is 17.0 Å². The Morgan fingerprint density at radius 2 is 2.33 bits per heavy atom. The molecule has 0 aromatic carbocycles. The fourth-order valence-corrected chi connectivity index (χ4v) is 2.64. The van der Waals surface area contributed by atoms with Gasteiger partial charge in [0.25, 0.3) is 0 Å². The summed E-state index contributed by atoms with van der Waals surface area (Å²) in [5.74, 6) is -0.0204. The molecule has 1 saturated heterocycles. The molecular weight excluding hydrogens is 250 g/mol. The van der Waals surface area contributed by atoms with Crippen LogP contribution in [0.25, 0.3) is 0 Å². The van der Waals surface area contributed by atoms with E-state index in [1.807, 2.05) is 0 Å². The first-order chi connectivity index (χ1) is 8.79. The molecule has 1 aromatic rings. The maximum absolute atomic E-state index is 11.8. The van der Waals surface area contributed by atoms with Crippen LogP contribution in [0.3, 0.4) is 0 Å². The summed E-state index contributed by atoms with van der Waals surface area (Å²) < 4.78 is 5.27. The van der Waals surface area contributed by atoms with Crippen LogP contribution >= 0.6 is 11.3 Å². The number of hydrogen-bond donors (Lipinski definition) is 2. The molecule has 96 valence electrons. The van der Waals surface area contributed by atoms with Crippen LogP contribution in [0.15, 0.2) is 11.4 Å².